The minimum Gasteiger partial charge on any atom is -0.325 e. The number of benzene rings is 1. The van der Waals surface area contributed by atoms with E-state index in [1.807, 2.05) is 62.7 Å². The predicted molar refractivity (Wildman–Crippen MR) is 84.2 cm³/mol. The summed E-state index contributed by atoms with van der Waals surface area (Å²) in [5.74, 6) is -0.0993. The van der Waals surface area contributed by atoms with E-state index >= 15 is 0 Å². The van der Waals surface area contributed by atoms with Gasteiger partial charge in [0.1, 0.15) is 0 Å². The molecule has 112 valence electrons. The van der Waals surface area contributed by atoms with Gasteiger partial charge < -0.3 is 15.6 Å². The molecule has 0 saturated heterocycles. The first kappa shape index (κ1) is 15.3. The van der Waals surface area contributed by atoms with Crippen LogP contribution in [0.15, 0.2) is 43.0 Å². The second kappa shape index (κ2) is 5.33. The van der Waals surface area contributed by atoms with Crippen molar-refractivity contribution in [3.8, 4) is 5.69 Å². The Kier molecular flexibility index (Phi) is 3.87. The molecule has 0 aliphatic rings. The highest BCUT2D eigenvalue weighted by molar-refractivity contribution is 5.96. The SMILES string of the molecule is CC(C)(N)C(C)(C)C(=O)Nc1cccc(-n2ccnc2)c1. The molecule has 2 rings (SSSR count). The van der Waals surface area contributed by atoms with Gasteiger partial charge in [-0.25, -0.2) is 4.98 Å². The number of nitrogens with one attached hydrogen (secondary N) is 1. The van der Waals surface area contributed by atoms with Gasteiger partial charge >= 0.3 is 0 Å². The van der Waals surface area contributed by atoms with E-state index in [0.717, 1.165) is 11.4 Å². The summed E-state index contributed by atoms with van der Waals surface area (Å²) >= 11 is 0. The van der Waals surface area contributed by atoms with Crippen LogP contribution in [0.3, 0.4) is 0 Å². The third kappa shape index (κ3) is 3.13. The summed E-state index contributed by atoms with van der Waals surface area (Å²) in [7, 11) is 0. The van der Waals surface area contributed by atoms with Crippen LogP contribution in [0.25, 0.3) is 5.69 Å². The van der Waals surface area contributed by atoms with Crippen LogP contribution in [-0.2, 0) is 4.79 Å². The molecule has 0 saturated carbocycles. The average Bonchev–Trinajstić information content (AvgIpc) is 2.91. The minimum atomic E-state index is -0.683. The Labute approximate surface area is 125 Å². The molecule has 0 bridgehead atoms. The monoisotopic (exact) mass is 286 g/mol. The van der Waals surface area contributed by atoms with Crippen LogP contribution in [0, 0.1) is 5.41 Å². The molecule has 0 unspecified atom stereocenters. The van der Waals surface area contributed by atoms with Crippen LogP contribution < -0.4 is 11.1 Å². The van der Waals surface area contributed by atoms with Crippen LogP contribution >= 0.6 is 0 Å². The van der Waals surface area contributed by atoms with Crippen molar-refractivity contribution in [2.24, 2.45) is 11.1 Å². The van der Waals surface area contributed by atoms with Gasteiger partial charge in [-0.3, -0.25) is 4.79 Å². The van der Waals surface area contributed by atoms with Crippen LogP contribution in [-0.4, -0.2) is 21.0 Å². The Bertz CT molecular complexity index is 624. The van der Waals surface area contributed by atoms with Crippen molar-refractivity contribution in [2.75, 3.05) is 5.32 Å². The molecular formula is C16H22N4O. The Hall–Kier alpha value is -2.14. The number of nitrogens with zero attached hydrogens (tertiary/aromatic N) is 2. The number of hydrogen-bond acceptors (Lipinski definition) is 3. The van der Waals surface area contributed by atoms with Gasteiger partial charge in [-0.05, 0) is 45.9 Å². The maximum absolute atomic E-state index is 12.5. The minimum absolute atomic E-state index is 0.0993. The summed E-state index contributed by atoms with van der Waals surface area (Å²) in [6.45, 7) is 7.41. The molecule has 0 fully saturated rings. The van der Waals surface area contributed by atoms with Crippen molar-refractivity contribution in [1.82, 2.24) is 9.55 Å². The number of imidazole rings is 1. The summed E-state index contributed by atoms with van der Waals surface area (Å²) < 4.78 is 1.88. The molecule has 1 heterocycles. The molecule has 3 N–H and O–H groups in total. The summed E-state index contributed by atoms with van der Waals surface area (Å²) in [6, 6.07) is 7.61. The lowest BCUT2D eigenvalue weighted by Crippen LogP contribution is -2.53. The second-order valence-electron chi connectivity index (χ2n) is 6.32. The van der Waals surface area contributed by atoms with E-state index in [1.165, 1.54) is 0 Å². The third-order valence-electron chi connectivity index (χ3n) is 4.09. The standard InChI is InChI=1S/C16H22N4O/c1-15(2,16(3,4)17)14(21)19-12-6-5-7-13(10-12)20-9-8-18-11-20/h5-11H,17H2,1-4H3,(H,19,21). The Balaban J connectivity index is 2.21. The molecular weight excluding hydrogens is 264 g/mol. The van der Waals surface area contributed by atoms with E-state index in [1.54, 1.807) is 12.5 Å². The number of carbonyl (C=O) groups is 1. The van der Waals surface area contributed by atoms with Crippen molar-refractivity contribution in [1.29, 1.82) is 0 Å². The molecule has 5 heteroatoms. The lowest BCUT2D eigenvalue weighted by atomic mass is 9.74. The number of aromatic nitrogens is 2. The average molecular weight is 286 g/mol. The Morgan fingerprint density at radius 1 is 1.29 bits per heavy atom. The predicted octanol–water partition coefficient (Wildman–Crippen LogP) is 2.57. The molecule has 1 amide bonds. The lowest BCUT2D eigenvalue weighted by Gasteiger charge is -2.36. The van der Waals surface area contributed by atoms with Crippen molar-refractivity contribution in [3.05, 3.63) is 43.0 Å². The largest absolute Gasteiger partial charge is 0.325 e. The van der Waals surface area contributed by atoms with Crippen molar-refractivity contribution < 1.29 is 4.79 Å². The van der Waals surface area contributed by atoms with E-state index in [2.05, 4.69) is 10.3 Å². The van der Waals surface area contributed by atoms with Crippen LogP contribution in [0.2, 0.25) is 0 Å². The first-order valence-electron chi connectivity index (χ1n) is 6.90. The summed E-state index contributed by atoms with van der Waals surface area (Å²) in [6.07, 6.45) is 5.28. The van der Waals surface area contributed by atoms with E-state index in [9.17, 15) is 4.79 Å². The summed E-state index contributed by atoms with van der Waals surface area (Å²) in [5.41, 5.74) is 6.49. The normalized spacial score (nSPS) is 12.2. The highest BCUT2D eigenvalue weighted by Crippen LogP contribution is 2.30. The van der Waals surface area contributed by atoms with E-state index in [4.69, 9.17) is 5.73 Å². The second-order valence-corrected chi connectivity index (χ2v) is 6.32. The number of nitrogens with two attached hydrogens (primary N) is 1. The van der Waals surface area contributed by atoms with E-state index < -0.39 is 11.0 Å². The first-order chi connectivity index (χ1) is 9.72. The molecule has 1 aromatic heterocycles. The molecule has 0 aliphatic carbocycles. The van der Waals surface area contributed by atoms with E-state index in [-0.39, 0.29) is 5.91 Å². The first-order valence-corrected chi connectivity index (χ1v) is 6.90. The molecule has 1 aromatic carbocycles. The van der Waals surface area contributed by atoms with Crippen LogP contribution in [0.5, 0.6) is 0 Å². The van der Waals surface area contributed by atoms with Gasteiger partial charge in [0, 0.05) is 29.3 Å². The third-order valence-corrected chi connectivity index (χ3v) is 4.09. The van der Waals surface area contributed by atoms with Crippen molar-refractivity contribution >= 4 is 11.6 Å². The van der Waals surface area contributed by atoms with Gasteiger partial charge in [0.2, 0.25) is 5.91 Å². The highest BCUT2D eigenvalue weighted by Gasteiger charge is 2.40. The van der Waals surface area contributed by atoms with Gasteiger partial charge in [0.15, 0.2) is 0 Å². The number of anilines is 1. The Morgan fingerprint density at radius 2 is 2.00 bits per heavy atom. The fourth-order valence-electron chi connectivity index (χ4n) is 1.74. The molecule has 2 aromatic rings. The number of hydrogen-bond donors (Lipinski definition) is 2. The zero-order valence-corrected chi connectivity index (χ0v) is 12.9. The van der Waals surface area contributed by atoms with Gasteiger partial charge in [0.05, 0.1) is 11.7 Å². The highest BCUT2D eigenvalue weighted by atomic mass is 16.2. The molecule has 0 atom stereocenters. The fraction of sp³-hybridized carbons (Fsp3) is 0.375. The van der Waals surface area contributed by atoms with E-state index in [0.29, 0.717) is 0 Å². The topological polar surface area (TPSA) is 72.9 Å². The van der Waals surface area contributed by atoms with Crippen molar-refractivity contribution in [3.63, 3.8) is 0 Å². The summed E-state index contributed by atoms with van der Waals surface area (Å²) in [4.78, 5) is 16.5. The zero-order valence-electron chi connectivity index (χ0n) is 12.9. The molecule has 0 aliphatic heterocycles. The van der Waals surface area contributed by atoms with Gasteiger partial charge in [0.25, 0.3) is 0 Å². The van der Waals surface area contributed by atoms with Crippen molar-refractivity contribution in [2.45, 2.75) is 33.2 Å². The smallest absolute Gasteiger partial charge is 0.231 e. The van der Waals surface area contributed by atoms with Gasteiger partial charge in [-0.2, -0.15) is 0 Å². The fourth-order valence-corrected chi connectivity index (χ4v) is 1.74. The molecule has 0 spiro atoms. The zero-order chi connectivity index (χ0) is 15.7. The Morgan fingerprint density at radius 3 is 2.57 bits per heavy atom. The number of amides is 1. The molecule has 0 radical (unpaired) electrons. The van der Waals surface area contributed by atoms with Gasteiger partial charge in [-0.1, -0.05) is 6.07 Å². The maximum atomic E-state index is 12.5. The van der Waals surface area contributed by atoms with Crippen LogP contribution in [0.4, 0.5) is 5.69 Å². The summed E-state index contributed by atoms with van der Waals surface area (Å²) in [5, 5.41) is 2.94. The quantitative estimate of drug-likeness (QED) is 0.907. The molecule has 21 heavy (non-hydrogen) atoms. The molecule has 5 nitrogen and oxygen atoms in total. The van der Waals surface area contributed by atoms with Crippen LogP contribution in [0.1, 0.15) is 27.7 Å². The van der Waals surface area contributed by atoms with Gasteiger partial charge in [-0.15, -0.1) is 0 Å². The maximum Gasteiger partial charge on any atom is 0.231 e. The lowest BCUT2D eigenvalue weighted by molar-refractivity contribution is -0.126. The number of rotatable bonds is 4. The number of carbonyl (C=O) groups excluding carboxylic acids is 1.